The molecule has 0 saturated heterocycles. The molecule has 0 aliphatic rings. The molecule has 0 N–H and O–H groups in total. The van der Waals surface area contributed by atoms with E-state index in [1.807, 2.05) is 13.0 Å². The van der Waals surface area contributed by atoms with E-state index in [0.717, 1.165) is 12.8 Å². The Labute approximate surface area is 114 Å². The summed E-state index contributed by atoms with van der Waals surface area (Å²) in [6.45, 7) is 4.01. The maximum absolute atomic E-state index is 11.8. The molecule has 0 aliphatic heterocycles. The molecule has 0 amide bonds. The van der Waals surface area contributed by atoms with Crippen LogP contribution < -0.4 is 0 Å². The summed E-state index contributed by atoms with van der Waals surface area (Å²) in [6, 6.07) is 6.69. The molecule has 0 bridgehead atoms. The summed E-state index contributed by atoms with van der Waals surface area (Å²) in [7, 11) is 0. The van der Waals surface area contributed by atoms with Gasteiger partial charge in [-0.05, 0) is 43.7 Å². The predicted molar refractivity (Wildman–Crippen MR) is 75.0 cm³/mol. The Hall–Kier alpha value is -1.28. The first kappa shape index (κ1) is 14.8. The van der Waals surface area contributed by atoms with Crippen LogP contribution in [-0.2, 0) is 4.74 Å². The number of unbranched alkanes of at least 4 members (excludes halogenated alkanes) is 2. The molecule has 0 spiro atoms. The van der Waals surface area contributed by atoms with Gasteiger partial charge in [0, 0.05) is 5.02 Å². The van der Waals surface area contributed by atoms with E-state index in [0.29, 0.717) is 10.6 Å². The number of ether oxygens (including phenoxy) is 1. The van der Waals surface area contributed by atoms with Crippen molar-refractivity contribution in [3.05, 3.63) is 47.0 Å². The highest BCUT2D eigenvalue weighted by atomic mass is 35.5. The van der Waals surface area contributed by atoms with E-state index in [1.54, 1.807) is 24.3 Å². The number of rotatable bonds is 6. The summed E-state index contributed by atoms with van der Waals surface area (Å²) in [5.41, 5.74) is 0.521. The number of carbonyl (C=O) groups excluding carboxylic acids is 1. The fourth-order valence-electron chi connectivity index (χ4n) is 1.47. The Morgan fingerprint density at radius 2 is 2.06 bits per heavy atom. The molecule has 0 radical (unpaired) electrons. The second kappa shape index (κ2) is 7.93. The smallest absolute Gasteiger partial charge is 0.338 e. The maximum atomic E-state index is 11.8. The van der Waals surface area contributed by atoms with Gasteiger partial charge in [0.25, 0.3) is 0 Å². The van der Waals surface area contributed by atoms with Gasteiger partial charge in [-0.15, -0.1) is 0 Å². The number of hydrogen-bond donors (Lipinski definition) is 0. The van der Waals surface area contributed by atoms with Gasteiger partial charge in [-0.2, -0.15) is 0 Å². The van der Waals surface area contributed by atoms with E-state index < -0.39 is 0 Å². The van der Waals surface area contributed by atoms with Crippen molar-refractivity contribution in [2.24, 2.45) is 0 Å². The monoisotopic (exact) mass is 266 g/mol. The van der Waals surface area contributed by atoms with Crippen molar-refractivity contribution >= 4 is 17.6 Å². The number of hydrogen-bond acceptors (Lipinski definition) is 2. The van der Waals surface area contributed by atoms with Gasteiger partial charge in [-0.25, -0.2) is 4.79 Å². The number of benzene rings is 1. The normalized spacial score (nSPS) is 12.6. The Morgan fingerprint density at radius 1 is 1.39 bits per heavy atom. The first-order chi connectivity index (χ1) is 8.63. The van der Waals surface area contributed by atoms with Crippen LogP contribution >= 0.6 is 11.6 Å². The summed E-state index contributed by atoms with van der Waals surface area (Å²) in [6.07, 6.45) is 7.13. The molecule has 0 saturated carbocycles. The third-order valence-electron chi connectivity index (χ3n) is 2.50. The fraction of sp³-hybridized carbons (Fsp3) is 0.400. The molecule has 3 heteroatoms. The number of halogens is 1. The zero-order valence-corrected chi connectivity index (χ0v) is 11.6. The highest BCUT2D eigenvalue weighted by Crippen LogP contribution is 2.11. The Morgan fingerprint density at radius 3 is 2.67 bits per heavy atom. The first-order valence-electron chi connectivity index (χ1n) is 6.26. The van der Waals surface area contributed by atoms with E-state index in [1.165, 1.54) is 6.42 Å². The largest absolute Gasteiger partial charge is 0.455 e. The number of allylic oxidation sites excluding steroid dienone is 1. The summed E-state index contributed by atoms with van der Waals surface area (Å²) >= 11 is 5.76. The van der Waals surface area contributed by atoms with Gasteiger partial charge in [0.15, 0.2) is 0 Å². The van der Waals surface area contributed by atoms with Crippen molar-refractivity contribution in [3.63, 3.8) is 0 Å². The lowest BCUT2D eigenvalue weighted by Crippen LogP contribution is -2.12. The van der Waals surface area contributed by atoms with Crippen LogP contribution in [0.25, 0.3) is 0 Å². The molecule has 0 heterocycles. The van der Waals surface area contributed by atoms with Crippen LogP contribution in [0.3, 0.4) is 0 Å². The summed E-state index contributed by atoms with van der Waals surface area (Å²) in [4.78, 5) is 11.8. The van der Waals surface area contributed by atoms with E-state index in [2.05, 4.69) is 13.0 Å². The minimum atomic E-state index is -0.320. The van der Waals surface area contributed by atoms with Crippen LogP contribution in [0, 0.1) is 0 Å². The van der Waals surface area contributed by atoms with Crippen molar-refractivity contribution in [2.45, 2.75) is 39.2 Å². The average molecular weight is 267 g/mol. The van der Waals surface area contributed by atoms with Gasteiger partial charge >= 0.3 is 5.97 Å². The molecule has 18 heavy (non-hydrogen) atoms. The maximum Gasteiger partial charge on any atom is 0.338 e. The lowest BCUT2D eigenvalue weighted by atomic mass is 10.2. The van der Waals surface area contributed by atoms with E-state index in [9.17, 15) is 4.79 Å². The lowest BCUT2D eigenvalue weighted by Gasteiger charge is -2.09. The summed E-state index contributed by atoms with van der Waals surface area (Å²) in [5, 5.41) is 0.610. The van der Waals surface area contributed by atoms with Crippen LogP contribution in [-0.4, -0.2) is 12.1 Å². The van der Waals surface area contributed by atoms with Gasteiger partial charge in [0.2, 0.25) is 0 Å². The molecule has 0 fully saturated rings. The highest BCUT2D eigenvalue weighted by molar-refractivity contribution is 6.30. The van der Waals surface area contributed by atoms with Crippen molar-refractivity contribution in [2.75, 3.05) is 0 Å². The third kappa shape index (κ3) is 5.37. The molecule has 2 nitrogen and oxygen atoms in total. The van der Waals surface area contributed by atoms with Crippen molar-refractivity contribution in [1.29, 1.82) is 0 Å². The van der Waals surface area contributed by atoms with E-state index in [-0.39, 0.29) is 12.1 Å². The molecule has 1 aromatic carbocycles. The van der Waals surface area contributed by atoms with Crippen LogP contribution in [0.4, 0.5) is 0 Å². The fourth-order valence-corrected chi connectivity index (χ4v) is 1.60. The van der Waals surface area contributed by atoms with Crippen LogP contribution in [0.1, 0.15) is 43.5 Å². The molecule has 98 valence electrons. The minimum absolute atomic E-state index is 0.204. The second-order valence-electron chi connectivity index (χ2n) is 4.19. The predicted octanol–water partition coefficient (Wildman–Crippen LogP) is 4.63. The van der Waals surface area contributed by atoms with Crippen LogP contribution in [0.5, 0.6) is 0 Å². The van der Waals surface area contributed by atoms with Gasteiger partial charge in [-0.1, -0.05) is 37.4 Å². The molecule has 0 aliphatic carbocycles. The topological polar surface area (TPSA) is 26.3 Å². The van der Waals surface area contributed by atoms with Gasteiger partial charge in [0.1, 0.15) is 6.10 Å². The molecule has 1 atom stereocenters. The zero-order chi connectivity index (χ0) is 13.4. The molecule has 1 aromatic rings. The third-order valence-corrected chi connectivity index (χ3v) is 2.76. The Bertz CT molecular complexity index is 395. The second-order valence-corrected chi connectivity index (χ2v) is 4.62. The molecular formula is C15H19ClO2. The van der Waals surface area contributed by atoms with Crippen LogP contribution in [0.15, 0.2) is 36.4 Å². The zero-order valence-electron chi connectivity index (χ0n) is 10.9. The van der Waals surface area contributed by atoms with Crippen molar-refractivity contribution in [1.82, 2.24) is 0 Å². The Balaban J connectivity index is 2.44. The van der Waals surface area contributed by atoms with Crippen LogP contribution in [0.2, 0.25) is 5.02 Å². The number of carbonyl (C=O) groups is 1. The standard InChI is InChI=1S/C15H19ClO2/c1-3-4-5-6-7-12(2)18-15(17)13-8-10-14(16)11-9-13/h6-12H,3-5H2,1-2H3/b7-6+. The SMILES string of the molecule is CCCC/C=C/C(C)OC(=O)c1ccc(Cl)cc1. The van der Waals surface area contributed by atoms with Crippen molar-refractivity contribution < 1.29 is 9.53 Å². The Kier molecular flexibility index (Phi) is 6.51. The molecule has 1 unspecified atom stereocenters. The van der Waals surface area contributed by atoms with Gasteiger partial charge < -0.3 is 4.74 Å². The quantitative estimate of drug-likeness (QED) is 0.426. The molecular weight excluding hydrogens is 248 g/mol. The molecule has 0 aromatic heterocycles. The first-order valence-corrected chi connectivity index (χ1v) is 6.64. The van der Waals surface area contributed by atoms with Crippen molar-refractivity contribution in [3.8, 4) is 0 Å². The minimum Gasteiger partial charge on any atom is -0.455 e. The lowest BCUT2D eigenvalue weighted by molar-refractivity contribution is 0.0424. The molecule has 1 rings (SSSR count). The average Bonchev–Trinajstić information content (AvgIpc) is 2.35. The van der Waals surface area contributed by atoms with E-state index >= 15 is 0 Å². The van der Waals surface area contributed by atoms with Gasteiger partial charge in [-0.3, -0.25) is 0 Å². The highest BCUT2D eigenvalue weighted by Gasteiger charge is 2.09. The summed E-state index contributed by atoms with van der Waals surface area (Å²) < 4.78 is 5.29. The number of esters is 1. The van der Waals surface area contributed by atoms with E-state index in [4.69, 9.17) is 16.3 Å². The van der Waals surface area contributed by atoms with Gasteiger partial charge in [0.05, 0.1) is 5.56 Å². The summed E-state index contributed by atoms with van der Waals surface area (Å²) in [5.74, 6) is -0.320.